The van der Waals surface area contributed by atoms with E-state index >= 15 is 0 Å². The van der Waals surface area contributed by atoms with Crippen molar-refractivity contribution in [2.45, 2.75) is 13.3 Å². The first-order valence-corrected chi connectivity index (χ1v) is 5.00. The third-order valence-corrected chi connectivity index (χ3v) is 1.57. The SMILES string of the molecule is CCc1ccccc1OC.O=S(=O)=O. The average molecular weight is 216 g/mol. The molecule has 0 aliphatic rings. The third-order valence-electron chi connectivity index (χ3n) is 1.57. The van der Waals surface area contributed by atoms with E-state index in [0.717, 1.165) is 12.2 Å². The Morgan fingerprint density at radius 2 is 1.71 bits per heavy atom. The average Bonchev–Trinajstić information content (AvgIpc) is 2.17. The second kappa shape index (κ2) is 7.08. The van der Waals surface area contributed by atoms with Crippen LogP contribution in [0.3, 0.4) is 0 Å². The summed E-state index contributed by atoms with van der Waals surface area (Å²) < 4.78 is 30.5. The van der Waals surface area contributed by atoms with Gasteiger partial charge in [0.25, 0.3) is 0 Å². The fourth-order valence-electron chi connectivity index (χ4n) is 0.995. The van der Waals surface area contributed by atoms with Gasteiger partial charge in [-0.25, -0.2) is 0 Å². The summed E-state index contributed by atoms with van der Waals surface area (Å²) in [6, 6.07) is 8.08. The van der Waals surface area contributed by atoms with Gasteiger partial charge in [-0.2, -0.15) is 0 Å². The van der Waals surface area contributed by atoms with Gasteiger partial charge in [-0.15, -0.1) is 12.6 Å². The Morgan fingerprint density at radius 1 is 1.21 bits per heavy atom. The molecule has 1 aromatic rings. The molecule has 0 aliphatic heterocycles. The van der Waals surface area contributed by atoms with Crippen molar-refractivity contribution in [1.82, 2.24) is 0 Å². The molecule has 0 fully saturated rings. The van der Waals surface area contributed by atoms with E-state index in [4.69, 9.17) is 17.4 Å². The fraction of sp³-hybridized carbons (Fsp3) is 0.333. The molecule has 0 bridgehead atoms. The fourth-order valence-corrected chi connectivity index (χ4v) is 0.995. The maximum absolute atomic E-state index is 8.44. The second-order valence-corrected chi connectivity index (χ2v) is 2.78. The van der Waals surface area contributed by atoms with Crippen LogP contribution < -0.4 is 4.74 Å². The molecule has 0 saturated carbocycles. The van der Waals surface area contributed by atoms with Crippen LogP contribution in [-0.4, -0.2) is 19.7 Å². The van der Waals surface area contributed by atoms with Gasteiger partial charge in [-0.05, 0) is 18.1 Å². The smallest absolute Gasteiger partial charge is 0.425 e. The molecule has 1 aromatic carbocycles. The first-order valence-electron chi connectivity index (χ1n) is 4.00. The number of methoxy groups -OCH3 is 1. The van der Waals surface area contributed by atoms with E-state index in [1.54, 1.807) is 7.11 Å². The van der Waals surface area contributed by atoms with Crippen LogP contribution in [0.4, 0.5) is 0 Å². The van der Waals surface area contributed by atoms with Crippen molar-refractivity contribution in [3.05, 3.63) is 29.8 Å². The first kappa shape index (κ1) is 12.6. The van der Waals surface area contributed by atoms with E-state index < -0.39 is 10.6 Å². The minimum Gasteiger partial charge on any atom is -0.496 e. The van der Waals surface area contributed by atoms with E-state index in [9.17, 15) is 0 Å². The molecular formula is C9H12O4S. The molecule has 78 valence electrons. The Hall–Kier alpha value is -1.36. The summed E-state index contributed by atoms with van der Waals surface area (Å²) in [5.41, 5.74) is 1.27. The van der Waals surface area contributed by atoms with Gasteiger partial charge in [0.1, 0.15) is 5.75 Å². The maximum atomic E-state index is 8.44. The molecule has 0 aliphatic carbocycles. The van der Waals surface area contributed by atoms with Crippen molar-refractivity contribution < 1.29 is 17.4 Å². The maximum Gasteiger partial charge on any atom is 0.425 e. The van der Waals surface area contributed by atoms with Crippen LogP contribution in [0.2, 0.25) is 0 Å². The summed E-state index contributed by atoms with van der Waals surface area (Å²) in [5.74, 6) is 0.991. The molecule has 0 spiro atoms. The lowest BCUT2D eigenvalue weighted by Crippen LogP contribution is -1.88. The highest BCUT2D eigenvalue weighted by atomic mass is 32.2. The molecule has 1 rings (SSSR count). The molecule has 0 amide bonds. The molecule has 0 saturated heterocycles. The standard InChI is InChI=1S/C9H12O.O3S/c1-3-8-6-4-5-7-9(8)10-2;1-4(2)3/h4-7H,3H2,1-2H3;. The predicted molar refractivity (Wildman–Crippen MR) is 52.1 cm³/mol. The summed E-state index contributed by atoms with van der Waals surface area (Å²) in [6.07, 6.45) is 1.03. The van der Waals surface area contributed by atoms with Gasteiger partial charge in [0.15, 0.2) is 0 Å². The number of hydrogen-bond donors (Lipinski definition) is 0. The highest BCUT2D eigenvalue weighted by Gasteiger charge is 1.95. The minimum absolute atomic E-state index is 0.991. The number of aryl methyl sites for hydroxylation is 1. The lowest BCUT2D eigenvalue weighted by Gasteiger charge is -2.03. The Kier molecular flexibility index (Phi) is 6.39. The Labute approximate surface area is 84.6 Å². The second-order valence-electron chi connectivity index (χ2n) is 2.37. The van der Waals surface area contributed by atoms with Crippen LogP contribution in [0.15, 0.2) is 24.3 Å². The summed E-state index contributed by atoms with van der Waals surface area (Å²) in [7, 11) is -1.41. The van der Waals surface area contributed by atoms with Crippen LogP contribution in [0.25, 0.3) is 0 Å². The number of para-hydroxylation sites is 1. The number of benzene rings is 1. The van der Waals surface area contributed by atoms with Gasteiger partial charge in [-0.1, -0.05) is 25.1 Å². The lowest BCUT2D eigenvalue weighted by atomic mass is 10.1. The Morgan fingerprint density at radius 3 is 2.07 bits per heavy atom. The van der Waals surface area contributed by atoms with Crippen molar-refractivity contribution in [2.24, 2.45) is 0 Å². The number of hydrogen-bond acceptors (Lipinski definition) is 4. The number of rotatable bonds is 2. The van der Waals surface area contributed by atoms with Crippen LogP contribution in [-0.2, 0) is 17.0 Å². The zero-order valence-corrected chi connectivity index (χ0v) is 8.87. The Balaban J connectivity index is 0.000000364. The summed E-state index contributed by atoms with van der Waals surface area (Å²) >= 11 is 0. The molecule has 0 radical (unpaired) electrons. The zero-order chi connectivity index (χ0) is 11.0. The van der Waals surface area contributed by atoms with Gasteiger partial charge in [0.2, 0.25) is 0 Å². The van der Waals surface area contributed by atoms with Gasteiger partial charge >= 0.3 is 10.6 Å². The molecule has 4 nitrogen and oxygen atoms in total. The topological polar surface area (TPSA) is 60.4 Å². The predicted octanol–water partition coefficient (Wildman–Crippen LogP) is 1.25. The van der Waals surface area contributed by atoms with E-state index in [0.29, 0.717) is 0 Å². The molecule has 0 unspecified atom stereocenters. The van der Waals surface area contributed by atoms with Crippen LogP contribution in [0.5, 0.6) is 5.75 Å². The molecule has 0 atom stereocenters. The molecule has 0 heterocycles. The molecular weight excluding hydrogens is 204 g/mol. The lowest BCUT2D eigenvalue weighted by molar-refractivity contribution is 0.410. The van der Waals surface area contributed by atoms with Crippen molar-refractivity contribution in [1.29, 1.82) is 0 Å². The summed E-state index contributed by atoms with van der Waals surface area (Å²) in [6.45, 7) is 2.12. The third kappa shape index (κ3) is 5.31. The van der Waals surface area contributed by atoms with Crippen LogP contribution in [0, 0.1) is 0 Å². The van der Waals surface area contributed by atoms with Gasteiger partial charge in [0.05, 0.1) is 7.11 Å². The van der Waals surface area contributed by atoms with Gasteiger partial charge < -0.3 is 4.74 Å². The summed E-state index contributed by atoms with van der Waals surface area (Å²) in [5, 5.41) is 0. The normalized spacial score (nSPS) is 8.43. The zero-order valence-electron chi connectivity index (χ0n) is 8.06. The van der Waals surface area contributed by atoms with E-state index in [-0.39, 0.29) is 0 Å². The van der Waals surface area contributed by atoms with E-state index in [2.05, 4.69) is 13.0 Å². The molecule has 0 N–H and O–H groups in total. The van der Waals surface area contributed by atoms with Crippen molar-refractivity contribution in [3.8, 4) is 5.75 Å². The van der Waals surface area contributed by atoms with Gasteiger partial charge in [-0.3, -0.25) is 0 Å². The monoisotopic (exact) mass is 216 g/mol. The largest absolute Gasteiger partial charge is 0.496 e. The van der Waals surface area contributed by atoms with E-state index in [1.807, 2.05) is 18.2 Å². The van der Waals surface area contributed by atoms with Crippen molar-refractivity contribution in [3.63, 3.8) is 0 Å². The van der Waals surface area contributed by atoms with Crippen molar-refractivity contribution in [2.75, 3.05) is 7.11 Å². The molecule has 0 aromatic heterocycles. The first-order chi connectivity index (χ1) is 6.61. The van der Waals surface area contributed by atoms with Crippen LogP contribution >= 0.6 is 0 Å². The van der Waals surface area contributed by atoms with E-state index in [1.165, 1.54) is 5.56 Å². The minimum atomic E-state index is -3.11. The van der Waals surface area contributed by atoms with Crippen LogP contribution in [0.1, 0.15) is 12.5 Å². The highest BCUT2D eigenvalue weighted by molar-refractivity contribution is 7.59. The Bertz CT molecular complexity index is 339. The molecule has 5 heteroatoms. The molecule has 14 heavy (non-hydrogen) atoms. The quantitative estimate of drug-likeness (QED) is 0.746. The number of ether oxygens (including phenoxy) is 1. The van der Waals surface area contributed by atoms with Crippen molar-refractivity contribution >= 4 is 10.6 Å². The van der Waals surface area contributed by atoms with Gasteiger partial charge in [0, 0.05) is 0 Å². The summed E-state index contributed by atoms with van der Waals surface area (Å²) in [4.78, 5) is 0. The highest BCUT2D eigenvalue weighted by Crippen LogP contribution is 2.16.